The fourth-order valence-corrected chi connectivity index (χ4v) is 1.69. The molecule has 0 saturated heterocycles. The lowest BCUT2D eigenvalue weighted by molar-refractivity contribution is -0.0282. The van der Waals surface area contributed by atoms with Gasteiger partial charge in [0.2, 0.25) is 5.88 Å². The fraction of sp³-hybridized carbons (Fsp3) is 0.667. The molecule has 0 aliphatic heterocycles. The van der Waals surface area contributed by atoms with Gasteiger partial charge in [0.15, 0.2) is 0 Å². The topological polar surface area (TPSA) is 72.8 Å². The fourth-order valence-electron chi connectivity index (χ4n) is 1.69. The van der Waals surface area contributed by atoms with Crippen molar-refractivity contribution in [2.75, 3.05) is 32.2 Å². The Morgan fingerprint density at radius 2 is 2.05 bits per heavy atom. The third-order valence-corrected chi connectivity index (χ3v) is 2.62. The number of pyridine rings is 1. The van der Waals surface area contributed by atoms with Crippen LogP contribution in [-0.4, -0.2) is 55.3 Å². The third kappa shape index (κ3) is 7.27. The smallest absolute Gasteiger partial charge is 0.237 e. The van der Waals surface area contributed by atoms with Gasteiger partial charge in [-0.05, 0) is 32.9 Å². The molecule has 1 heterocycles. The maximum Gasteiger partial charge on any atom is 0.237 e. The molecular weight excluding hydrogens is 272 g/mol. The summed E-state index contributed by atoms with van der Waals surface area (Å²) in [7, 11) is 1.62. The van der Waals surface area contributed by atoms with Crippen LogP contribution in [-0.2, 0) is 9.47 Å². The summed E-state index contributed by atoms with van der Waals surface area (Å²) >= 11 is 0. The summed E-state index contributed by atoms with van der Waals surface area (Å²) in [6.45, 7) is 6.91. The summed E-state index contributed by atoms with van der Waals surface area (Å²) in [4.78, 5) is 4.18. The normalized spacial score (nSPS) is 14.0. The van der Waals surface area contributed by atoms with Crippen LogP contribution in [0.4, 0.5) is 5.69 Å². The van der Waals surface area contributed by atoms with Gasteiger partial charge in [0.1, 0.15) is 0 Å². The van der Waals surface area contributed by atoms with Gasteiger partial charge < -0.3 is 24.6 Å². The molecule has 0 spiro atoms. The summed E-state index contributed by atoms with van der Waals surface area (Å²) in [6, 6.07) is 3.69. The van der Waals surface area contributed by atoms with Crippen LogP contribution in [0.15, 0.2) is 18.3 Å². The summed E-state index contributed by atoms with van der Waals surface area (Å²) in [5, 5.41) is 13.0. The SMILES string of the molecule is COCC(C)OCC(O)CNc1cccnc1OC(C)C. The molecule has 2 atom stereocenters. The lowest BCUT2D eigenvalue weighted by atomic mass is 10.3. The van der Waals surface area contributed by atoms with Crippen molar-refractivity contribution in [1.29, 1.82) is 0 Å². The Morgan fingerprint density at radius 1 is 1.29 bits per heavy atom. The number of aliphatic hydroxyl groups excluding tert-OH is 1. The van der Waals surface area contributed by atoms with E-state index in [0.717, 1.165) is 5.69 Å². The first-order valence-electron chi connectivity index (χ1n) is 7.17. The highest BCUT2D eigenvalue weighted by atomic mass is 16.5. The molecule has 0 amide bonds. The molecule has 1 aromatic heterocycles. The van der Waals surface area contributed by atoms with Crippen molar-refractivity contribution in [2.45, 2.75) is 39.1 Å². The molecule has 6 nitrogen and oxygen atoms in total. The first-order valence-corrected chi connectivity index (χ1v) is 7.17. The number of anilines is 1. The predicted octanol–water partition coefficient (Wildman–Crippen LogP) is 1.69. The van der Waals surface area contributed by atoms with E-state index in [-0.39, 0.29) is 18.8 Å². The molecule has 21 heavy (non-hydrogen) atoms. The van der Waals surface area contributed by atoms with Gasteiger partial charge in [0, 0.05) is 19.9 Å². The molecule has 0 saturated carbocycles. The Balaban J connectivity index is 2.40. The summed E-state index contributed by atoms with van der Waals surface area (Å²) in [5.41, 5.74) is 0.759. The maximum atomic E-state index is 9.91. The zero-order valence-corrected chi connectivity index (χ0v) is 13.2. The first kappa shape index (κ1) is 17.7. The predicted molar refractivity (Wildman–Crippen MR) is 81.8 cm³/mol. The number of methoxy groups -OCH3 is 1. The number of hydrogen-bond donors (Lipinski definition) is 2. The largest absolute Gasteiger partial charge is 0.473 e. The van der Waals surface area contributed by atoms with Gasteiger partial charge in [-0.25, -0.2) is 4.98 Å². The second-order valence-corrected chi connectivity index (χ2v) is 5.16. The van der Waals surface area contributed by atoms with E-state index >= 15 is 0 Å². The van der Waals surface area contributed by atoms with Gasteiger partial charge in [-0.3, -0.25) is 0 Å². The average Bonchev–Trinajstić information content (AvgIpc) is 2.44. The summed E-state index contributed by atoms with van der Waals surface area (Å²) < 4.78 is 16.0. The molecule has 1 rings (SSSR count). The number of hydrogen-bond acceptors (Lipinski definition) is 6. The van der Waals surface area contributed by atoms with E-state index < -0.39 is 6.10 Å². The monoisotopic (exact) mass is 298 g/mol. The highest BCUT2D eigenvalue weighted by molar-refractivity contribution is 5.52. The van der Waals surface area contributed by atoms with Crippen LogP contribution < -0.4 is 10.1 Å². The van der Waals surface area contributed by atoms with Crippen LogP contribution in [0.3, 0.4) is 0 Å². The standard InChI is InChI=1S/C15H26N2O4/c1-11(2)21-15-14(6-5-7-16-15)17-8-13(18)10-20-12(3)9-19-4/h5-7,11-13,17-18H,8-10H2,1-4H3. The van der Waals surface area contributed by atoms with Crippen molar-refractivity contribution < 1.29 is 19.3 Å². The van der Waals surface area contributed by atoms with Gasteiger partial charge >= 0.3 is 0 Å². The van der Waals surface area contributed by atoms with E-state index in [2.05, 4.69) is 10.3 Å². The van der Waals surface area contributed by atoms with E-state index in [1.54, 1.807) is 13.3 Å². The lowest BCUT2D eigenvalue weighted by Gasteiger charge is -2.18. The molecule has 2 unspecified atom stereocenters. The van der Waals surface area contributed by atoms with E-state index in [0.29, 0.717) is 19.0 Å². The minimum absolute atomic E-state index is 0.0390. The second-order valence-electron chi connectivity index (χ2n) is 5.16. The molecule has 0 aliphatic rings. The molecule has 0 aliphatic carbocycles. The zero-order chi connectivity index (χ0) is 15.7. The Morgan fingerprint density at radius 3 is 2.71 bits per heavy atom. The maximum absolute atomic E-state index is 9.91. The van der Waals surface area contributed by atoms with Gasteiger partial charge in [-0.1, -0.05) is 0 Å². The molecule has 2 N–H and O–H groups in total. The van der Waals surface area contributed by atoms with E-state index in [9.17, 15) is 5.11 Å². The Kier molecular flexibility index (Phi) is 8.04. The Labute approximate surface area is 126 Å². The van der Waals surface area contributed by atoms with Crippen LogP contribution in [0.25, 0.3) is 0 Å². The summed E-state index contributed by atoms with van der Waals surface area (Å²) in [6.07, 6.45) is 1.07. The number of ether oxygens (including phenoxy) is 3. The van der Waals surface area contributed by atoms with Crippen molar-refractivity contribution in [3.8, 4) is 5.88 Å². The van der Waals surface area contributed by atoms with Crippen molar-refractivity contribution >= 4 is 5.69 Å². The highest BCUT2D eigenvalue weighted by Crippen LogP contribution is 2.21. The number of aliphatic hydroxyl groups is 1. The van der Waals surface area contributed by atoms with Crippen molar-refractivity contribution in [2.24, 2.45) is 0 Å². The molecular formula is C15H26N2O4. The van der Waals surface area contributed by atoms with Crippen molar-refractivity contribution in [1.82, 2.24) is 4.98 Å². The first-order chi connectivity index (χ1) is 10.0. The molecule has 0 aromatic carbocycles. The van der Waals surface area contributed by atoms with E-state index in [1.807, 2.05) is 32.9 Å². The van der Waals surface area contributed by atoms with Gasteiger partial charge in [-0.15, -0.1) is 0 Å². The molecule has 0 bridgehead atoms. The lowest BCUT2D eigenvalue weighted by Crippen LogP contribution is -2.28. The average molecular weight is 298 g/mol. The molecule has 0 fully saturated rings. The quantitative estimate of drug-likeness (QED) is 0.685. The molecule has 0 radical (unpaired) electrons. The minimum Gasteiger partial charge on any atom is -0.473 e. The second kappa shape index (κ2) is 9.55. The zero-order valence-electron chi connectivity index (χ0n) is 13.2. The minimum atomic E-state index is -0.614. The Bertz CT molecular complexity index is 401. The van der Waals surface area contributed by atoms with E-state index in [1.165, 1.54) is 0 Å². The van der Waals surface area contributed by atoms with Crippen LogP contribution in [0.2, 0.25) is 0 Å². The number of nitrogens with zero attached hydrogens (tertiary/aromatic N) is 1. The Hall–Kier alpha value is -1.37. The van der Waals surface area contributed by atoms with Crippen LogP contribution >= 0.6 is 0 Å². The number of aromatic nitrogens is 1. The van der Waals surface area contributed by atoms with Crippen LogP contribution in [0, 0.1) is 0 Å². The van der Waals surface area contributed by atoms with E-state index in [4.69, 9.17) is 14.2 Å². The van der Waals surface area contributed by atoms with Crippen LogP contribution in [0.5, 0.6) is 5.88 Å². The van der Waals surface area contributed by atoms with Crippen LogP contribution in [0.1, 0.15) is 20.8 Å². The number of nitrogens with one attached hydrogen (secondary N) is 1. The molecule has 120 valence electrons. The van der Waals surface area contributed by atoms with Crippen molar-refractivity contribution in [3.63, 3.8) is 0 Å². The highest BCUT2D eigenvalue weighted by Gasteiger charge is 2.11. The van der Waals surface area contributed by atoms with Gasteiger partial charge in [0.05, 0.1) is 37.2 Å². The van der Waals surface area contributed by atoms with Gasteiger partial charge in [-0.2, -0.15) is 0 Å². The number of rotatable bonds is 10. The molecule has 1 aromatic rings. The van der Waals surface area contributed by atoms with Crippen molar-refractivity contribution in [3.05, 3.63) is 18.3 Å². The van der Waals surface area contributed by atoms with Gasteiger partial charge in [0.25, 0.3) is 0 Å². The third-order valence-electron chi connectivity index (χ3n) is 2.62. The molecule has 6 heteroatoms. The summed E-state index contributed by atoms with van der Waals surface area (Å²) in [5.74, 6) is 0.536.